The Morgan fingerprint density at radius 3 is 2.40 bits per heavy atom. The van der Waals surface area contributed by atoms with Crippen LogP contribution >= 0.6 is 11.8 Å². The van der Waals surface area contributed by atoms with Crippen molar-refractivity contribution in [2.24, 2.45) is 0 Å². The van der Waals surface area contributed by atoms with Crippen LogP contribution in [0.3, 0.4) is 0 Å². The van der Waals surface area contributed by atoms with Crippen molar-refractivity contribution in [1.82, 2.24) is 35.0 Å². The van der Waals surface area contributed by atoms with Gasteiger partial charge >= 0.3 is 11.9 Å². The second-order valence-electron chi connectivity index (χ2n) is 11.5. The number of nitrogens with zero attached hydrogens (tertiary/aromatic N) is 7. The van der Waals surface area contributed by atoms with Gasteiger partial charge in [-0.15, -0.1) is 22.0 Å². The average Bonchev–Trinajstić information content (AvgIpc) is 3.80. The van der Waals surface area contributed by atoms with E-state index in [1.165, 1.54) is 36.7 Å². The number of aliphatic hydroxyl groups excluding tert-OH is 1. The molecule has 2 saturated heterocycles. The average molecular weight is 720 g/mol. The summed E-state index contributed by atoms with van der Waals surface area (Å²) in [5, 5.41) is 27.5. The highest BCUT2D eigenvalue weighted by atomic mass is 32.2. The molecule has 50 heavy (non-hydrogen) atoms. The molecule has 1 aromatic carbocycles. The zero-order valence-corrected chi connectivity index (χ0v) is 27.7. The largest absolute Gasteiger partial charge is 0.469 e. The molecule has 0 amide bonds. The Morgan fingerprint density at radius 1 is 1.00 bits per heavy atom. The van der Waals surface area contributed by atoms with Crippen LogP contribution in [-0.2, 0) is 33.3 Å². The van der Waals surface area contributed by atoms with Crippen LogP contribution in [0.25, 0.3) is 22.6 Å². The lowest BCUT2D eigenvalue weighted by molar-refractivity contribution is -0.203. The third kappa shape index (κ3) is 7.36. The van der Waals surface area contributed by atoms with Crippen LogP contribution < -0.4 is 0 Å². The van der Waals surface area contributed by atoms with Crippen molar-refractivity contribution in [2.45, 2.75) is 60.5 Å². The molecule has 2 aliphatic rings. The number of ether oxygens (including phenoxy) is 5. The molecule has 266 valence electrons. The van der Waals surface area contributed by atoms with Crippen LogP contribution in [-0.4, -0.2) is 115 Å². The van der Waals surface area contributed by atoms with Gasteiger partial charge in [-0.25, -0.2) is 22.5 Å². The number of carbonyl (C=O) groups excluding carboxylic acids is 2. The van der Waals surface area contributed by atoms with E-state index in [9.17, 15) is 27.9 Å². The summed E-state index contributed by atoms with van der Waals surface area (Å²) in [6.07, 6.45) is -0.0642. The fourth-order valence-electron chi connectivity index (χ4n) is 5.91. The lowest BCUT2D eigenvalue weighted by Crippen LogP contribution is -2.57. The van der Waals surface area contributed by atoms with Crippen LogP contribution in [0, 0.1) is 17.5 Å². The molecular formula is C31H32F3N7O8S. The number of carbonyl (C=O) groups is 2. The molecule has 8 atom stereocenters. The number of halogens is 3. The van der Waals surface area contributed by atoms with Crippen LogP contribution in [0.5, 0.6) is 0 Å². The first-order valence-corrected chi connectivity index (χ1v) is 16.3. The highest BCUT2D eigenvalue weighted by molar-refractivity contribution is 8.00. The second kappa shape index (κ2) is 15.2. The maximum absolute atomic E-state index is 14.1. The smallest absolute Gasteiger partial charge is 0.308 e. The number of hydrogen-bond acceptors (Lipinski definition) is 14. The maximum Gasteiger partial charge on any atom is 0.308 e. The summed E-state index contributed by atoms with van der Waals surface area (Å²) in [6, 6.07) is 5.24. The Labute approximate surface area is 287 Å². The lowest BCUT2D eigenvalue weighted by atomic mass is 9.94. The molecule has 15 nitrogen and oxygen atoms in total. The molecule has 2 aliphatic heterocycles. The van der Waals surface area contributed by atoms with E-state index in [0.717, 1.165) is 23.9 Å². The molecule has 1 N–H and O–H groups in total. The van der Waals surface area contributed by atoms with Crippen LogP contribution in [0.15, 0.2) is 48.9 Å². The molecule has 4 aromatic rings. The predicted octanol–water partition coefficient (Wildman–Crippen LogP) is 2.53. The summed E-state index contributed by atoms with van der Waals surface area (Å²) in [5.41, 5.74) is 0.0249. The van der Waals surface area contributed by atoms with Gasteiger partial charge < -0.3 is 28.8 Å². The van der Waals surface area contributed by atoms with Gasteiger partial charge in [-0.2, -0.15) is 0 Å². The topological polar surface area (TPSA) is 175 Å². The molecule has 2 fully saturated rings. The first-order valence-electron chi connectivity index (χ1n) is 15.3. The SMILES string of the molecule is COC(=O)C[C@H]1O[C@@H](S[C@@H]2COC[C@H](n3cc(-c4ccccn4)nn3)[C@H]2O)[C@H](OC)[C@@H](n2cc(-c3cc(F)c(F)c(F)c3)nn2)[C@H]1OC(C)=O. The Morgan fingerprint density at radius 2 is 1.72 bits per heavy atom. The summed E-state index contributed by atoms with van der Waals surface area (Å²) in [7, 11) is 2.57. The van der Waals surface area contributed by atoms with Gasteiger partial charge in [0.2, 0.25) is 0 Å². The van der Waals surface area contributed by atoms with E-state index in [0.29, 0.717) is 11.4 Å². The lowest BCUT2D eigenvalue weighted by Gasteiger charge is -2.46. The van der Waals surface area contributed by atoms with Crippen molar-refractivity contribution < 1.29 is 51.6 Å². The maximum atomic E-state index is 14.1. The molecule has 0 spiro atoms. The summed E-state index contributed by atoms with van der Waals surface area (Å²) in [4.78, 5) is 29.2. The van der Waals surface area contributed by atoms with Crippen molar-refractivity contribution in [2.75, 3.05) is 27.4 Å². The van der Waals surface area contributed by atoms with Gasteiger partial charge in [0.25, 0.3) is 0 Å². The van der Waals surface area contributed by atoms with Crippen LogP contribution in [0.4, 0.5) is 13.2 Å². The van der Waals surface area contributed by atoms with E-state index in [1.807, 2.05) is 6.07 Å². The first-order chi connectivity index (χ1) is 24.1. The highest BCUT2D eigenvalue weighted by Gasteiger charge is 2.52. The minimum absolute atomic E-state index is 0.0312. The number of esters is 2. The first kappa shape index (κ1) is 35.4. The molecule has 6 rings (SSSR count). The van der Waals surface area contributed by atoms with Crippen molar-refractivity contribution >= 4 is 23.7 Å². The number of methoxy groups -OCH3 is 2. The van der Waals surface area contributed by atoms with E-state index in [4.69, 9.17) is 23.7 Å². The third-order valence-electron chi connectivity index (χ3n) is 8.31. The molecule has 0 radical (unpaired) electrons. The molecule has 5 heterocycles. The summed E-state index contributed by atoms with van der Waals surface area (Å²) >= 11 is 1.16. The number of aliphatic hydroxyl groups is 1. The van der Waals surface area contributed by atoms with E-state index in [1.54, 1.807) is 24.5 Å². The monoisotopic (exact) mass is 719 g/mol. The van der Waals surface area contributed by atoms with Gasteiger partial charge in [-0.1, -0.05) is 16.5 Å². The Balaban J connectivity index is 1.31. The zero-order chi connectivity index (χ0) is 35.5. The molecule has 0 bridgehead atoms. The van der Waals surface area contributed by atoms with Gasteiger partial charge in [-0.05, 0) is 24.3 Å². The number of aromatic nitrogens is 7. The third-order valence-corrected chi connectivity index (χ3v) is 9.73. The van der Waals surface area contributed by atoms with Gasteiger partial charge in [-0.3, -0.25) is 14.6 Å². The van der Waals surface area contributed by atoms with Gasteiger partial charge in [0.1, 0.15) is 41.1 Å². The standard InChI is InChI=1S/C31H32F3N7O8S/c1-15(42)48-29-23(10-25(43)45-2)49-31(30(46-3)27(29)41-11-20(36-39-41)16-8-17(32)26(34)18(33)9-16)50-24-14-47-13-22(28(24)44)40-12-21(37-38-40)19-6-4-5-7-35-19/h4-9,11-12,22-24,27-31,44H,10,13-14H2,1-3H3/t22-,23+,24+,27-,28+,29-,30+,31-/m0/s1. The molecule has 3 aromatic heterocycles. The van der Waals surface area contributed by atoms with E-state index >= 15 is 0 Å². The Hall–Kier alpha value is -4.43. The van der Waals surface area contributed by atoms with Gasteiger partial charge in [0, 0.05) is 25.8 Å². The predicted molar refractivity (Wildman–Crippen MR) is 167 cm³/mol. The molecule has 0 unspecified atom stereocenters. The van der Waals surface area contributed by atoms with Gasteiger partial charge in [0.15, 0.2) is 23.6 Å². The minimum atomic E-state index is -1.64. The number of hydrogen-bond donors (Lipinski definition) is 1. The van der Waals surface area contributed by atoms with Crippen molar-refractivity contribution in [3.63, 3.8) is 0 Å². The molecule has 0 saturated carbocycles. The van der Waals surface area contributed by atoms with Crippen molar-refractivity contribution in [1.29, 1.82) is 0 Å². The number of thioether (sulfide) groups is 1. The van der Waals surface area contributed by atoms with Gasteiger partial charge in [0.05, 0.1) is 56.2 Å². The number of benzene rings is 1. The quantitative estimate of drug-likeness (QED) is 0.187. The minimum Gasteiger partial charge on any atom is -0.469 e. The number of rotatable bonds is 10. The Bertz CT molecular complexity index is 1790. The summed E-state index contributed by atoms with van der Waals surface area (Å²) in [5.74, 6) is -5.86. The van der Waals surface area contributed by atoms with E-state index in [2.05, 4.69) is 25.6 Å². The van der Waals surface area contributed by atoms with E-state index < -0.39 is 76.6 Å². The van der Waals surface area contributed by atoms with Crippen LogP contribution in [0.1, 0.15) is 25.4 Å². The summed E-state index contributed by atoms with van der Waals surface area (Å²) in [6.45, 7) is 1.41. The zero-order valence-electron chi connectivity index (χ0n) is 26.8. The molecular weight excluding hydrogens is 687 g/mol. The normalized spacial score (nSPS) is 26.8. The fraction of sp³-hybridized carbons (Fsp3) is 0.452. The fourth-order valence-corrected chi connectivity index (χ4v) is 7.40. The second-order valence-corrected chi connectivity index (χ2v) is 12.8. The molecule has 0 aliphatic carbocycles. The van der Waals surface area contributed by atoms with Crippen LogP contribution in [0.2, 0.25) is 0 Å². The summed E-state index contributed by atoms with van der Waals surface area (Å²) < 4.78 is 73.3. The van der Waals surface area contributed by atoms with Crippen molar-refractivity contribution in [3.05, 3.63) is 66.4 Å². The van der Waals surface area contributed by atoms with Crippen molar-refractivity contribution in [3.8, 4) is 22.6 Å². The number of pyridine rings is 1. The highest BCUT2D eigenvalue weighted by Crippen LogP contribution is 2.43. The Kier molecular flexibility index (Phi) is 10.8. The van der Waals surface area contributed by atoms with E-state index in [-0.39, 0.29) is 30.9 Å². The molecule has 19 heteroatoms.